The molecule has 0 saturated heterocycles. The summed E-state index contributed by atoms with van der Waals surface area (Å²) in [6.07, 6.45) is 14.0. The van der Waals surface area contributed by atoms with E-state index in [0.29, 0.717) is 19.6 Å². The van der Waals surface area contributed by atoms with Crippen LogP contribution in [0.2, 0.25) is 0 Å². The number of hydrogen-bond acceptors (Lipinski definition) is 4. The maximum absolute atomic E-state index is 12.1. The number of ether oxygens (including phenoxy) is 2. The number of thioether (sulfide) groups is 1. The molecule has 0 bridgehead atoms. The SMILES string of the molecule is C#CCOCC(C)(COCC#C)NC(=O)CCCCSCCC. The van der Waals surface area contributed by atoms with Crippen LogP contribution >= 0.6 is 11.8 Å². The molecule has 4 nitrogen and oxygen atoms in total. The molecule has 5 heteroatoms. The van der Waals surface area contributed by atoms with Gasteiger partial charge in [-0.15, -0.1) is 12.8 Å². The van der Waals surface area contributed by atoms with Gasteiger partial charge >= 0.3 is 0 Å². The minimum Gasteiger partial charge on any atom is -0.366 e. The molecule has 0 heterocycles. The van der Waals surface area contributed by atoms with E-state index >= 15 is 0 Å². The molecule has 1 N–H and O–H groups in total. The van der Waals surface area contributed by atoms with Crippen LogP contribution in [0.1, 0.15) is 39.5 Å². The summed E-state index contributed by atoms with van der Waals surface area (Å²) in [5.41, 5.74) is -0.623. The molecule has 0 atom stereocenters. The topological polar surface area (TPSA) is 47.6 Å². The molecular formula is C18H29NO3S. The lowest BCUT2D eigenvalue weighted by Crippen LogP contribution is -2.53. The Labute approximate surface area is 145 Å². The number of carbonyl (C=O) groups is 1. The molecule has 0 rings (SSSR count). The molecule has 0 aromatic rings. The average Bonchev–Trinajstić information content (AvgIpc) is 2.51. The van der Waals surface area contributed by atoms with Crippen molar-refractivity contribution in [3.05, 3.63) is 0 Å². The zero-order valence-electron chi connectivity index (χ0n) is 14.4. The number of nitrogens with one attached hydrogen (secondary N) is 1. The average molecular weight is 340 g/mol. The van der Waals surface area contributed by atoms with E-state index in [-0.39, 0.29) is 19.1 Å². The Bertz CT molecular complexity index is 378. The standard InChI is InChI=1S/C18H29NO3S/c1-5-11-21-15-18(4,16-22-12-6-2)19-17(20)10-8-9-14-23-13-7-3/h1-2H,7-16H2,3-4H3,(H,19,20). The highest BCUT2D eigenvalue weighted by Crippen LogP contribution is 2.10. The van der Waals surface area contributed by atoms with Gasteiger partial charge in [0.1, 0.15) is 13.2 Å². The summed E-state index contributed by atoms with van der Waals surface area (Å²) in [4.78, 5) is 12.1. The van der Waals surface area contributed by atoms with Crippen molar-refractivity contribution < 1.29 is 14.3 Å². The summed E-state index contributed by atoms with van der Waals surface area (Å²) >= 11 is 1.94. The van der Waals surface area contributed by atoms with E-state index in [2.05, 4.69) is 24.1 Å². The van der Waals surface area contributed by atoms with Crippen LogP contribution in [0.3, 0.4) is 0 Å². The minimum absolute atomic E-state index is 0.00149. The predicted molar refractivity (Wildman–Crippen MR) is 97.3 cm³/mol. The van der Waals surface area contributed by atoms with E-state index in [1.54, 1.807) is 0 Å². The van der Waals surface area contributed by atoms with Gasteiger partial charge in [0.15, 0.2) is 0 Å². The lowest BCUT2D eigenvalue weighted by molar-refractivity contribution is -0.124. The van der Waals surface area contributed by atoms with Crippen LogP contribution in [0.25, 0.3) is 0 Å². The molecule has 0 radical (unpaired) electrons. The van der Waals surface area contributed by atoms with Gasteiger partial charge in [-0.25, -0.2) is 0 Å². The molecule has 0 fully saturated rings. The van der Waals surface area contributed by atoms with E-state index in [1.165, 1.54) is 12.2 Å². The van der Waals surface area contributed by atoms with Crippen molar-refractivity contribution in [3.63, 3.8) is 0 Å². The molecule has 0 aliphatic rings. The summed E-state index contributed by atoms with van der Waals surface area (Å²) in [6, 6.07) is 0. The summed E-state index contributed by atoms with van der Waals surface area (Å²) in [7, 11) is 0. The van der Waals surface area contributed by atoms with Gasteiger partial charge in [-0.1, -0.05) is 18.8 Å². The van der Waals surface area contributed by atoms with Crippen molar-refractivity contribution in [2.24, 2.45) is 0 Å². The molecule has 0 aliphatic heterocycles. The van der Waals surface area contributed by atoms with Crippen molar-refractivity contribution in [1.82, 2.24) is 5.32 Å². The molecule has 0 aromatic carbocycles. The minimum atomic E-state index is -0.623. The molecule has 1 amide bonds. The van der Waals surface area contributed by atoms with E-state index < -0.39 is 5.54 Å². The quantitative estimate of drug-likeness (QED) is 0.390. The van der Waals surface area contributed by atoms with Gasteiger partial charge in [0.2, 0.25) is 5.91 Å². The monoisotopic (exact) mass is 339 g/mol. The predicted octanol–water partition coefficient (Wildman–Crippen LogP) is 2.47. The molecule has 130 valence electrons. The van der Waals surface area contributed by atoms with E-state index in [1.807, 2.05) is 18.7 Å². The van der Waals surface area contributed by atoms with Crippen LogP contribution < -0.4 is 5.32 Å². The highest BCUT2D eigenvalue weighted by molar-refractivity contribution is 7.99. The van der Waals surface area contributed by atoms with Crippen LogP contribution in [0.15, 0.2) is 0 Å². The normalized spacial score (nSPS) is 10.8. The highest BCUT2D eigenvalue weighted by Gasteiger charge is 2.27. The summed E-state index contributed by atoms with van der Waals surface area (Å²) < 4.78 is 10.7. The van der Waals surface area contributed by atoms with Crippen molar-refractivity contribution in [2.75, 3.05) is 37.9 Å². The summed E-state index contributed by atoms with van der Waals surface area (Å²) in [6.45, 7) is 5.03. The van der Waals surface area contributed by atoms with Gasteiger partial charge in [0.05, 0.1) is 18.8 Å². The Morgan fingerprint density at radius 3 is 2.26 bits per heavy atom. The molecule has 0 unspecified atom stereocenters. The molecule has 0 aromatic heterocycles. The number of unbranched alkanes of at least 4 members (excludes halogenated alkanes) is 1. The molecular weight excluding hydrogens is 310 g/mol. The van der Waals surface area contributed by atoms with Crippen LogP contribution in [0.5, 0.6) is 0 Å². The van der Waals surface area contributed by atoms with Gasteiger partial charge in [-0.2, -0.15) is 11.8 Å². The second kappa shape index (κ2) is 14.5. The van der Waals surface area contributed by atoms with Crippen molar-refractivity contribution >= 4 is 17.7 Å². The van der Waals surface area contributed by atoms with Crippen molar-refractivity contribution in [1.29, 1.82) is 0 Å². The number of rotatable bonds is 14. The Hall–Kier alpha value is -1.14. The zero-order chi connectivity index (χ0) is 17.4. The fourth-order valence-electron chi connectivity index (χ4n) is 1.92. The number of carbonyl (C=O) groups excluding carboxylic acids is 1. The van der Waals surface area contributed by atoms with Gasteiger partial charge in [0, 0.05) is 6.42 Å². The Balaban J connectivity index is 4.15. The first-order chi connectivity index (χ1) is 11.1. The largest absolute Gasteiger partial charge is 0.366 e. The van der Waals surface area contributed by atoms with Gasteiger partial charge in [0.25, 0.3) is 0 Å². The highest BCUT2D eigenvalue weighted by atomic mass is 32.2. The Kier molecular flexibility index (Phi) is 13.7. The van der Waals surface area contributed by atoms with Gasteiger partial charge < -0.3 is 14.8 Å². The number of amides is 1. The molecule has 0 spiro atoms. The lowest BCUT2D eigenvalue weighted by Gasteiger charge is -2.30. The molecule has 23 heavy (non-hydrogen) atoms. The van der Waals surface area contributed by atoms with Crippen LogP contribution in [0, 0.1) is 24.7 Å². The van der Waals surface area contributed by atoms with E-state index in [0.717, 1.165) is 18.6 Å². The first-order valence-corrected chi connectivity index (χ1v) is 9.14. The molecule has 0 saturated carbocycles. The van der Waals surface area contributed by atoms with Crippen LogP contribution in [0.4, 0.5) is 0 Å². The second-order valence-corrected chi connectivity index (χ2v) is 6.80. The summed E-state index contributed by atoms with van der Waals surface area (Å²) in [5.74, 6) is 7.11. The van der Waals surface area contributed by atoms with Crippen molar-refractivity contribution in [3.8, 4) is 24.7 Å². The zero-order valence-corrected chi connectivity index (χ0v) is 15.2. The third-order valence-corrected chi connectivity index (χ3v) is 4.22. The third kappa shape index (κ3) is 13.0. The van der Waals surface area contributed by atoms with Crippen LogP contribution in [-0.2, 0) is 14.3 Å². The van der Waals surface area contributed by atoms with Crippen molar-refractivity contribution in [2.45, 2.75) is 45.1 Å². The van der Waals surface area contributed by atoms with Gasteiger partial charge in [-0.05, 0) is 37.7 Å². The fourth-order valence-corrected chi connectivity index (χ4v) is 2.82. The second-order valence-electron chi connectivity index (χ2n) is 5.57. The third-order valence-electron chi connectivity index (χ3n) is 2.94. The van der Waals surface area contributed by atoms with E-state index in [4.69, 9.17) is 22.3 Å². The maximum Gasteiger partial charge on any atom is 0.220 e. The number of terminal acetylenes is 2. The Morgan fingerprint density at radius 2 is 1.74 bits per heavy atom. The fraction of sp³-hybridized carbons (Fsp3) is 0.722. The van der Waals surface area contributed by atoms with Gasteiger partial charge in [-0.3, -0.25) is 4.79 Å². The first-order valence-electron chi connectivity index (χ1n) is 7.99. The maximum atomic E-state index is 12.1. The van der Waals surface area contributed by atoms with Crippen LogP contribution in [-0.4, -0.2) is 49.4 Å². The Morgan fingerprint density at radius 1 is 1.13 bits per heavy atom. The smallest absolute Gasteiger partial charge is 0.220 e. The lowest BCUT2D eigenvalue weighted by atomic mass is 10.0. The number of hydrogen-bond donors (Lipinski definition) is 1. The molecule has 0 aliphatic carbocycles. The van der Waals surface area contributed by atoms with E-state index in [9.17, 15) is 4.79 Å². The first kappa shape index (κ1) is 21.9. The summed E-state index contributed by atoms with van der Waals surface area (Å²) in [5, 5.41) is 2.98.